The van der Waals surface area contributed by atoms with E-state index in [1.807, 2.05) is 24.5 Å². The molecular weight excluding hydrogens is 419 g/mol. The Balaban J connectivity index is 1.54. The molecule has 0 amide bonds. The van der Waals surface area contributed by atoms with Crippen LogP contribution in [0.25, 0.3) is 27.7 Å². The molecule has 4 aromatic rings. The van der Waals surface area contributed by atoms with Crippen LogP contribution < -0.4 is 15.9 Å². The van der Waals surface area contributed by atoms with Crippen LogP contribution in [0, 0.1) is 5.82 Å². The number of benzene rings is 1. The fourth-order valence-electron chi connectivity index (χ4n) is 4.42. The molecule has 8 heteroatoms. The van der Waals surface area contributed by atoms with Crippen LogP contribution in [0.5, 0.6) is 5.75 Å². The number of rotatable bonds is 5. The number of allylic oxidation sites excluding steroid dienone is 1. The standard InChI is InChI=1S/C25H25FN6O/c1-14-23(15(2)32(31-14)13-16-5-4-6-19(26)7-16)21-12-30-25-20(21)8-17(11-29-25)18-9-22(33-3)24(27)28-10-18/h4-12,14,31H,13H2,1-3H3,(H2,27,28)(H,29,30). The number of nitrogens with zero attached hydrogens (tertiary/aromatic N) is 3. The second kappa shape index (κ2) is 8.22. The Morgan fingerprint density at radius 3 is 2.73 bits per heavy atom. The van der Waals surface area contributed by atoms with Crippen LogP contribution >= 0.6 is 0 Å². The van der Waals surface area contributed by atoms with E-state index in [9.17, 15) is 4.39 Å². The molecule has 7 nitrogen and oxygen atoms in total. The maximum absolute atomic E-state index is 13.7. The molecule has 1 aliphatic rings. The van der Waals surface area contributed by atoms with Gasteiger partial charge in [0.05, 0.1) is 19.7 Å². The van der Waals surface area contributed by atoms with Crippen molar-refractivity contribution in [2.75, 3.05) is 12.8 Å². The Morgan fingerprint density at radius 1 is 1.15 bits per heavy atom. The van der Waals surface area contributed by atoms with Crippen LogP contribution in [0.4, 0.5) is 10.2 Å². The molecule has 1 atom stereocenters. The Labute approximate surface area is 191 Å². The predicted octanol–water partition coefficient (Wildman–Crippen LogP) is 4.49. The minimum atomic E-state index is -0.231. The van der Waals surface area contributed by atoms with Crippen molar-refractivity contribution in [1.29, 1.82) is 0 Å². The maximum atomic E-state index is 13.7. The lowest BCUT2D eigenvalue weighted by Crippen LogP contribution is -2.35. The molecule has 1 aliphatic heterocycles. The number of hydrogen-bond acceptors (Lipinski definition) is 6. The molecule has 168 valence electrons. The summed E-state index contributed by atoms with van der Waals surface area (Å²) in [6.07, 6.45) is 5.52. The Bertz CT molecular complexity index is 1380. The summed E-state index contributed by atoms with van der Waals surface area (Å²) in [5.74, 6) is 0.648. The van der Waals surface area contributed by atoms with Crippen LogP contribution in [0.2, 0.25) is 0 Å². The number of anilines is 1. The number of nitrogen functional groups attached to an aromatic ring is 1. The van der Waals surface area contributed by atoms with Crippen molar-refractivity contribution in [3.8, 4) is 16.9 Å². The molecule has 0 saturated carbocycles. The summed E-state index contributed by atoms with van der Waals surface area (Å²) in [7, 11) is 1.57. The fourth-order valence-corrected chi connectivity index (χ4v) is 4.42. The lowest BCUT2D eigenvalue weighted by atomic mass is 9.98. The van der Waals surface area contributed by atoms with Gasteiger partial charge in [0.2, 0.25) is 0 Å². The lowest BCUT2D eigenvalue weighted by molar-refractivity contribution is 0.251. The molecule has 3 aromatic heterocycles. The van der Waals surface area contributed by atoms with Crippen molar-refractivity contribution >= 4 is 22.4 Å². The third-order valence-corrected chi connectivity index (χ3v) is 6.06. The van der Waals surface area contributed by atoms with Gasteiger partial charge < -0.3 is 20.5 Å². The first-order valence-electron chi connectivity index (χ1n) is 10.7. The average molecular weight is 445 g/mol. The number of pyridine rings is 2. The second-order valence-corrected chi connectivity index (χ2v) is 8.20. The summed E-state index contributed by atoms with van der Waals surface area (Å²) >= 11 is 0. The van der Waals surface area contributed by atoms with Gasteiger partial charge in [-0.05, 0) is 43.7 Å². The SMILES string of the molecule is COc1cc(-c2cnc3[nH]cc(C4=C(C)N(Cc5cccc(F)c5)NC4C)c3c2)cnc1N. The van der Waals surface area contributed by atoms with Crippen molar-refractivity contribution in [3.05, 3.63) is 77.6 Å². The molecule has 0 fully saturated rings. The molecule has 0 bridgehead atoms. The van der Waals surface area contributed by atoms with E-state index in [2.05, 4.69) is 45.3 Å². The smallest absolute Gasteiger partial charge is 0.166 e. The Kier molecular flexibility index (Phi) is 5.22. The molecule has 1 aromatic carbocycles. The minimum absolute atomic E-state index is 0.0829. The highest BCUT2D eigenvalue weighted by molar-refractivity contribution is 5.95. The van der Waals surface area contributed by atoms with Crippen molar-refractivity contribution in [2.45, 2.75) is 26.4 Å². The number of ether oxygens (including phenoxy) is 1. The predicted molar refractivity (Wildman–Crippen MR) is 127 cm³/mol. The number of aromatic amines is 1. The van der Waals surface area contributed by atoms with Gasteiger partial charge in [-0.3, -0.25) is 0 Å². The van der Waals surface area contributed by atoms with Crippen LogP contribution in [-0.2, 0) is 6.54 Å². The average Bonchev–Trinajstić information content (AvgIpc) is 3.33. The summed E-state index contributed by atoms with van der Waals surface area (Å²) < 4.78 is 19.0. The van der Waals surface area contributed by atoms with Crippen LogP contribution in [0.3, 0.4) is 0 Å². The van der Waals surface area contributed by atoms with E-state index in [0.29, 0.717) is 18.1 Å². The Morgan fingerprint density at radius 2 is 1.94 bits per heavy atom. The number of aromatic nitrogens is 3. The number of methoxy groups -OCH3 is 1. The zero-order valence-electron chi connectivity index (χ0n) is 18.7. The number of fused-ring (bicyclic) bond motifs is 1. The lowest BCUT2D eigenvalue weighted by Gasteiger charge is -2.21. The van der Waals surface area contributed by atoms with Gasteiger partial charge in [0.1, 0.15) is 11.5 Å². The van der Waals surface area contributed by atoms with Gasteiger partial charge in [-0.25, -0.2) is 19.8 Å². The van der Waals surface area contributed by atoms with Gasteiger partial charge in [-0.2, -0.15) is 0 Å². The van der Waals surface area contributed by atoms with Gasteiger partial charge >= 0.3 is 0 Å². The second-order valence-electron chi connectivity index (χ2n) is 8.20. The summed E-state index contributed by atoms with van der Waals surface area (Å²) in [6.45, 7) is 4.77. The van der Waals surface area contributed by atoms with Crippen LogP contribution in [0.15, 0.2) is 60.7 Å². The first kappa shape index (κ1) is 21.0. The van der Waals surface area contributed by atoms with E-state index in [0.717, 1.165) is 39.0 Å². The molecule has 0 saturated heterocycles. The third-order valence-electron chi connectivity index (χ3n) is 6.06. The zero-order valence-corrected chi connectivity index (χ0v) is 18.7. The molecule has 4 N–H and O–H groups in total. The number of hydrogen-bond donors (Lipinski definition) is 3. The van der Waals surface area contributed by atoms with Crippen LogP contribution in [0.1, 0.15) is 25.0 Å². The van der Waals surface area contributed by atoms with Crippen LogP contribution in [-0.4, -0.2) is 33.1 Å². The summed E-state index contributed by atoms with van der Waals surface area (Å²) in [5.41, 5.74) is 16.2. The fraction of sp³-hybridized carbons (Fsp3) is 0.200. The molecule has 0 aliphatic carbocycles. The highest BCUT2D eigenvalue weighted by Crippen LogP contribution is 2.36. The number of H-pyrrole nitrogens is 1. The van der Waals surface area contributed by atoms with E-state index >= 15 is 0 Å². The third kappa shape index (κ3) is 3.78. The minimum Gasteiger partial charge on any atom is -0.493 e. The molecule has 0 spiro atoms. The number of nitrogens with two attached hydrogens (primary N) is 1. The van der Waals surface area contributed by atoms with E-state index in [-0.39, 0.29) is 11.9 Å². The molecule has 4 heterocycles. The quantitative estimate of drug-likeness (QED) is 0.420. The monoisotopic (exact) mass is 444 g/mol. The maximum Gasteiger partial charge on any atom is 0.166 e. The number of nitrogens with one attached hydrogen (secondary N) is 2. The van der Waals surface area contributed by atoms with Crippen molar-refractivity contribution in [2.24, 2.45) is 0 Å². The van der Waals surface area contributed by atoms with Crippen molar-refractivity contribution < 1.29 is 9.13 Å². The van der Waals surface area contributed by atoms with Gasteiger partial charge in [0.15, 0.2) is 11.6 Å². The highest BCUT2D eigenvalue weighted by atomic mass is 19.1. The first-order chi connectivity index (χ1) is 15.9. The Hall–Kier alpha value is -3.91. The molecule has 0 radical (unpaired) electrons. The van der Waals surface area contributed by atoms with Gasteiger partial charge in [-0.1, -0.05) is 12.1 Å². The van der Waals surface area contributed by atoms with E-state index in [1.165, 1.54) is 11.6 Å². The topological polar surface area (TPSA) is 92.1 Å². The van der Waals surface area contributed by atoms with E-state index in [4.69, 9.17) is 10.5 Å². The highest BCUT2D eigenvalue weighted by Gasteiger charge is 2.28. The molecule has 5 rings (SSSR count). The number of hydrazine groups is 1. The summed E-state index contributed by atoms with van der Waals surface area (Å²) in [6, 6.07) is 10.7. The largest absolute Gasteiger partial charge is 0.493 e. The van der Waals surface area contributed by atoms with Crippen molar-refractivity contribution in [3.63, 3.8) is 0 Å². The summed E-state index contributed by atoms with van der Waals surface area (Å²) in [5, 5.41) is 3.08. The first-order valence-corrected chi connectivity index (χ1v) is 10.7. The van der Waals surface area contributed by atoms with Crippen molar-refractivity contribution in [1.82, 2.24) is 25.4 Å². The van der Waals surface area contributed by atoms with Gasteiger partial charge in [0, 0.05) is 51.9 Å². The van der Waals surface area contributed by atoms with Gasteiger partial charge in [0.25, 0.3) is 0 Å². The molecule has 1 unspecified atom stereocenters. The van der Waals surface area contributed by atoms with E-state index in [1.54, 1.807) is 25.4 Å². The number of halogens is 1. The van der Waals surface area contributed by atoms with Gasteiger partial charge in [-0.15, -0.1) is 0 Å². The zero-order chi connectivity index (χ0) is 23.1. The van der Waals surface area contributed by atoms with E-state index < -0.39 is 0 Å². The molecule has 33 heavy (non-hydrogen) atoms. The normalized spacial score (nSPS) is 16.1. The summed E-state index contributed by atoms with van der Waals surface area (Å²) in [4.78, 5) is 12.1. The molecular formula is C25H25FN6O.